The van der Waals surface area contributed by atoms with Crippen LogP contribution in [0.5, 0.6) is 0 Å². The number of ether oxygens (including phenoxy) is 1. The van der Waals surface area contributed by atoms with Crippen LogP contribution in [0, 0.1) is 11.8 Å². The van der Waals surface area contributed by atoms with Gasteiger partial charge in [-0.1, -0.05) is 66.2 Å². The van der Waals surface area contributed by atoms with Crippen molar-refractivity contribution in [3.8, 4) is 0 Å². The number of fused-ring (bicyclic) bond motifs is 3. The second-order valence-electron chi connectivity index (χ2n) is 9.07. The first-order chi connectivity index (χ1) is 17.6. The highest BCUT2D eigenvalue weighted by molar-refractivity contribution is 6.39. The smallest absolute Gasteiger partial charge is 0.349 e. The average Bonchev–Trinajstić information content (AvgIpc) is 3.44. The minimum atomic E-state index is -4.77. The summed E-state index contributed by atoms with van der Waals surface area (Å²) in [5, 5.41) is -0.270. The van der Waals surface area contributed by atoms with E-state index in [1.54, 1.807) is 42.5 Å². The van der Waals surface area contributed by atoms with Crippen LogP contribution in [0.4, 0.5) is 18.9 Å². The fraction of sp³-hybridized carbons (Fsp3) is 0.185. The topological polar surface area (TPSA) is 80.8 Å². The molecule has 0 aromatic heterocycles. The van der Waals surface area contributed by atoms with E-state index in [0.717, 1.165) is 12.1 Å². The van der Waals surface area contributed by atoms with Crippen LogP contribution in [-0.4, -0.2) is 29.0 Å². The van der Waals surface area contributed by atoms with Gasteiger partial charge in [0.2, 0.25) is 29.0 Å². The van der Waals surface area contributed by atoms with E-state index < -0.39 is 64.3 Å². The Kier molecular flexibility index (Phi) is 4.99. The van der Waals surface area contributed by atoms with Crippen LogP contribution in [0.2, 0.25) is 5.02 Å². The molecule has 10 heteroatoms. The first kappa shape index (κ1) is 23.6. The Morgan fingerprint density at radius 3 is 2.00 bits per heavy atom. The first-order valence-corrected chi connectivity index (χ1v) is 11.6. The number of hydrogen-bond acceptors (Lipinski definition) is 5. The molecule has 0 N–H and O–H groups in total. The monoisotopic (exact) mass is 525 g/mol. The summed E-state index contributed by atoms with van der Waals surface area (Å²) >= 11 is 6.17. The van der Waals surface area contributed by atoms with Crippen LogP contribution in [-0.2, 0) is 20.5 Å². The van der Waals surface area contributed by atoms with Crippen molar-refractivity contribution >= 4 is 40.7 Å². The average molecular weight is 526 g/mol. The lowest BCUT2D eigenvalue weighted by molar-refractivity contribution is -0.137. The molecule has 3 aliphatic rings. The van der Waals surface area contributed by atoms with Crippen LogP contribution in [0.1, 0.15) is 37.9 Å². The molecule has 6 nitrogen and oxygen atoms in total. The molecule has 3 aromatic rings. The molecule has 0 saturated carbocycles. The summed E-state index contributed by atoms with van der Waals surface area (Å²) in [6, 6.07) is 16.5. The van der Waals surface area contributed by atoms with Crippen molar-refractivity contribution in [2.45, 2.75) is 17.9 Å². The van der Waals surface area contributed by atoms with Gasteiger partial charge in [0.25, 0.3) is 0 Å². The van der Waals surface area contributed by atoms with Crippen molar-refractivity contribution < 1.29 is 37.1 Å². The van der Waals surface area contributed by atoms with Crippen molar-refractivity contribution in [3.05, 3.63) is 100 Å². The molecule has 0 bridgehead atoms. The van der Waals surface area contributed by atoms with E-state index in [1.165, 1.54) is 12.1 Å². The lowest BCUT2D eigenvalue weighted by Gasteiger charge is -2.27. The minimum Gasteiger partial charge on any atom is -0.349 e. The number of ketones is 2. The predicted octanol–water partition coefficient (Wildman–Crippen LogP) is 5.05. The maximum absolute atomic E-state index is 13.9. The van der Waals surface area contributed by atoms with Gasteiger partial charge >= 0.3 is 6.18 Å². The van der Waals surface area contributed by atoms with E-state index in [-0.39, 0.29) is 16.1 Å². The van der Waals surface area contributed by atoms with Crippen LogP contribution >= 0.6 is 11.6 Å². The van der Waals surface area contributed by atoms with Gasteiger partial charge in [0, 0.05) is 11.1 Å². The molecule has 3 atom stereocenters. The highest BCUT2D eigenvalue weighted by atomic mass is 35.5. The molecular formula is C27H15ClF3NO5. The van der Waals surface area contributed by atoms with E-state index >= 15 is 0 Å². The molecule has 2 aliphatic heterocycles. The molecule has 0 radical (unpaired) electrons. The fourth-order valence-electron chi connectivity index (χ4n) is 5.56. The first-order valence-electron chi connectivity index (χ1n) is 11.2. The third-order valence-corrected chi connectivity index (χ3v) is 7.48. The number of imide groups is 1. The molecular weight excluding hydrogens is 511 g/mol. The van der Waals surface area contributed by atoms with Crippen LogP contribution in [0.25, 0.3) is 0 Å². The van der Waals surface area contributed by atoms with Crippen LogP contribution in [0.3, 0.4) is 0 Å². The van der Waals surface area contributed by atoms with E-state index in [1.807, 2.05) is 0 Å². The van der Waals surface area contributed by atoms with Gasteiger partial charge in [-0.15, -0.1) is 0 Å². The Morgan fingerprint density at radius 2 is 1.41 bits per heavy atom. The summed E-state index contributed by atoms with van der Waals surface area (Å²) in [4.78, 5) is 55.6. The van der Waals surface area contributed by atoms with E-state index in [2.05, 4.69) is 0 Å². The number of Topliss-reactive ketones (excluding diaryl/α,β-unsaturated/α-hetero) is 2. The molecule has 3 aromatic carbocycles. The molecule has 1 spiro atoms. The van der Waals surface area contributed by atoms with Crippen molar-refractivity contribution in [1.29, 1.82) is 0 Å². The Balaban J connectivity index is 1.55. The van der Waals surface area contributed by atoms with E-state index in [4.69, 9.17) is 16.3 Å². The zero-order chi connectivity index (χ0) is 26.3. The molecule has 186 valence electrons. The van der Waals surface area contributed by atoms with Gasteiger partial charge in [-0.25, -0.2) is 4.90 Å². The van der Waals surface area contributed by atoms with Crippen molar-refractivity contribution in [1.82, 2.24) is 0 Å². The number of carbonyl (C=O) groups is 4. The summed E-state index contributed by atoms with van der Waals surface area (Å²) in [7, 11) is 0. The number of nitrogens with zero attached hydrogens (tertiary/aromatic N) is 1. The molecule has 37 heavy (non-hydrogen) atoms. The third-order valence-electron chi connectivity index (χ3n) is 7.16. The van der Waals surface area contributed by atoms with Gasteiger partial charge in [-0.3, -0.25) is 19.2 Å². The number of rotatable bonds is 2. The second-order valence-corrected chi connectivity index (χ2v) is 9.48. The van der Waals surface area contributed by atoms with Gasteiger partial charge in [0.1, 0.15) is 0 Å². The normalized spacial score (nSPS) is 24.2. The summed E-state index contributed by atoms with van der Waals surface area (Å²) in [6.07, 6.45) is -5.95. The number of carbonyl (C=O) groups excluding carboxylic acids is 4. The summed E-state index contributed by atoms with van der Waals surface area (Å²) in [5.74, 6) is -6.40. The summed E-state index contributed by atoms with van der Waals surface area (Å²) in [6.45, 7) is 0. The number of alkyl halides is 3. The third kappa shape index (κ3) is 3.10. The number of benzene rings is 3. The van der Waals surface area contributed by atoms with E-state index in [0.29, 0.717) is 16.5 Å². The summed E-state index contributed by atoms with van der Waals surface area (Å²) in [5.41, 5.74) is -3.38. The van der Waals surface area contributed by atoms with Crippen LogP contribution < -0.4 is 4.90 Å². The highest BCUT2D eigenvalue weighted by Gasteiger charge is 2.74. The maximum Gasteiger partial charge on any atom is 0.416 e. The molecule has 2 fully saturated rings. The number of anilines is 1. The number of hydrogen-bond donors (Lipinski definition) is 0. The number of amides is 2. The lowest BCUT2D eigenvalue weighted by Crippen LogP contribution is -2.51. The molecule has 2 heterocycles. The molecule has 6 rings (SSSR count). The van der Waals surface area contributed by atoms with Gasteiger partial charge in [0.15, 0.2) is 0 Å². The Bertz CT molecular complexity index is 1480. The van der Waals surface area contributed by atoms with Crippen molar-refractivity contribution in [2.24, 2.45) is 11.8 Å². The van der Waals surface area contributed by atoms with Gasteiger partial charge in [0.05, 0.1) is 34.2 Å². The standard InChI is InChI=1S/C27H15ClF3NO5/c28-17-11-10-14(27(29,30)31)12-18(17)32-24(35)19-20(25(32)36)26(37-21(19)13-6-2-1-3-7-13)22(33)15-8-4-5-9-16(15)23(26)34/h1-12,19-21H/t19-,20-,21-/m0/s1. The Morgan fingerprint density at radius 1 is 0.811 bits per heavy atom. The van der Waals surface area contributed by atoms with Gasteiger partial charge in [-0.05, 0) is 23.8 Å². The zero-order valence-electron chi connectivity index (χ0n) is 18.7. The van der Waals surface area contributed by atoms with Gasteiger partial charge in [-0.2, -0.15) is 13.2 Å². The predicted molar refractivity (Wildman–Crippen MR) is 124 cm³/mol. The molecule has 2 saturated heterocycles. The Labute approximate surface area is 212 Å². The van der Waals surface area contributed by atoms with Crippen molar-refractivity contribution in [3.63, 3.8) is 0 Å². The quantitative estimate of drug-likeness (QED) is 0.345. The Hall–Kier alpha value is -3.82. The molecule has 2 amide bonds. The summed E-state index contributed by atoms with van der Waals surface area (Å²) < 4.78 is 46.5. The molecule has 0 unspecified atom stereocenters. The zero-order valence-corrected chi connectivity index (χ0v) is 19.4. The van der Waals surface area contributed by atoms with Crippen molar-refractivity contribution in [2.75, 3.05) is 4.90 Å². The maximum atomic E-state index is 13.9. The SMILES string of the molecule is O=C1[C@H]2[C@@H](C(=O)N1c1cc(C(F)(F)F)ccc1Cl)C1(O[C@H]2c2ccccc2)C(=O)c2ccccc2C1=O. The largest absolute Gasteiger partial charge is 0.416 e. The lowest BCUT2D eigenvalue weighted by atomic mass is 9.77. The van der Waals surface area contributed by atoms with E-state index in [9.17, 15) is 32.3 Å². The van der Waals surface area contributed by atoms with Gasteiger partial charge < -0.3 is 4.74 Å². The fourth-order valence-corrected chi connectivity index (χ4v) is 5.76. The van der Waals surface area contributed by atoms with Crippen LogP contribution in [0.15, 0.2) is 72.8 Å². The number of halogens is 4. The second kappa shape index (κ2) is 7.84. The molecule has 1 aliphatic carbocycles. The highest BCUT2D eigenvalue weighted by Crippen LogP contribution is 2.58. The minimum absolute atomic E-state index is 0.0516.